The van der Waals surface area contributed by atoms with Crippen LogP contribution >= 0.6 is 0 Å². The van der Waals surface area contributed by atoms with Gasteiger partial charge in [0.1, 0.15) is 0 Å². The lowest BCUT2D eigenvalue weighted by atomic mass is 9.95. The van der Waals surface area contributed by atoms with Crippen LogP contribution in [0.15, 0.2) is 243 Å². The molecule has 6 nitrogen and oxygen atoms in total. The fraction of sp³-hybridized carbons (Fsp3) is 0. The second-order valence-electron chi connectivity index (χ2n) is 17.5. The molecule has 0 atom stereocenters. The first kappa shape index (κ1) is 38.8. The molecule has 4 heterocycles. The highest BCUT2D eigenvalue weighted by molar-refractivity contribution is 6.24. The van der Waals surface area contributed by atoms with Crippen LogP contribution in [0.25, 0.3) is 128 Å². The number of benzene rings is 10. The summed E-state index contributed by atoms with van der Waals surface area (Å²) in [4.78, 5) is 16.5. The van der Waals surface area contributed by atoms with E-state index >= 15 is 0 Å². The van der Waals surface area contributed by atoms with E-state index in [0.717, 1.165) is 105 Å². The summed E-state index contributed by atoms with van der Waals surface area (Å²) in [5, 5.41) is 6.81. The highest BCUT2D eigenvalue weighted by Crippen LogP contribution is 2.46. The van der Waals surface area contributed by atoms with E-state index in [4.69, 9.17) is 15.0 Å². The first-order valence-electron chi connectivity index (χ1n) is 23.4. The van der Waals surface area contributed by atoms with Crippen LogP contribution < -0.4 is 0 Å². The fourth-order valence-corrected chi connectivity index (χ4v) is 10.8. The number of para-hydroxylation sites is 6. The van der Waals surface area contributed by atoms with Gasteiger partial charge in [0, 0.05) is 60.3 Å². The van der Waals surface area contributed by atoms with Gasteiger partial charge in [0.25, 0.3) is 0 Å². The Hall–Kier alpha value is -9.39. The summed E-state index contributed by atoms with van der Waals surface area (Å²) in [7, 11) is 0. The molecular weight excluding hydrogens is 841 g/mol. The van der Waals surface area contributed by atoms with Gasteiger partial charge in [0.05, 0.1) is 38.8 Å². The molecule has 10 aromatic carbocycles. The van der Waals surface area contributed by atoms with Crippen LogP contribution in [0.2, 0.25) is 0 Å². The zero-order valence-corrected chi connectivity index (χ0v) is 37.3. The van der Waals surface area contributed by atoms with Crippen molar-refractivity contribution in [2.24, 2.45) is 0 Å². The summed E-state index contributed by atoms with van der Waals surface area (Å²) in [6.07, 6.45) is 0. The first-order valence-corrected chi connectivity index (χ1v) is 23.4. The van der Waals surface area contributed by atoms with E-state index in [0.29, 0.717) is 17.6 Å². The fourth-order valence-electron chi connectivity index (χ4n) is 10.8. The molecule has 0 bridgehead atoms. The van der Waals surface area contributed by atoms with Crippen LogP contribution in [-0.4, -0.2) is 28.7 Å². The summed E-state index contributed by atoms with van der Waals surface area (Å²) in [6, 6.07) is 86.2. The molecule has 0 N–H and O–H groups in total. The predicted octanol–water partition coefficient (Wildman–Crippen LogP) is 15.8. The first-order chi connectivity index (χ1) is 34.3. The Kier molecular flexibility index (Phi) is 8.79. The van der Waals surface area contributed by atoms with Gasteiger partial charge in [0.2, 0.25) is 5.95 Å². The van der Waals surface area contributed by atoms with E-state index < -0.39 is 0 Å². The Labute approximate surface area is 397 Å². The van der Waals surface area contributed by atoms with Crippen molar-refractivity contribution in [3.05, 3.63) is 243 Å². The lowest BCUT2D eigenvalue weighted by Gasteiger charge is -2.20. The smallest absolute Gasteiger partial charge is 0.238 e. The average Bonchev–Trinajstić information content (AvgIpc) is 4.07. The lowest BCUT2D eigenvalue weighted by molar-refractivity contribution is 0.953. The number of rotatable bonds is 7. The minimum absolute atomic E-state index is 0.536. The summed E-state index contributed by atoms with van der Waals surface area (Å²) in [6.45, 7) is 0. The Morgan fingerprint density at radius 2 is 0.652 bits per heavy atom. The second-order valence-corrected chi connectivity index (χ2v) is 17.5. The standard InChI is InChI=1S/C63H40N6/c1-5-21-41(22-6-1)45-32-19-33-46(42-23-7-2-8-24-42)57(45)68-55-37-17-14-30-48(55)51-39-40-52-49-31-15-18-38-56(49)69(60(52)59(51)68)63-65-61(43-25-9-3-10-26-43)64-62(66-63)53-35-20-34-50-47-29-13-16-36-54(47)67(58(50)53)44-27-11-4-12-28-44/h1-40H. The Morgan fingerprint density at radius 1 is 0.246 bits per heavy atom. The van der Waals surface area contributed by atoms with Crippen LogP contribution in [0.4, 0.5) is 0 Å². The molecule has 0 fully saturated rings. The second kappa shape index (κ2) is 15.6. The average molecular weight is 881 g/mol. The Morgan fingerprint density at radius 3 is 1.23 bits per heavy atom. The number of fused-ring (bicyclic) bond motifs is 10. The molecule has 0 radical (unpaired) electrons. The molecule has 0 saturated heterocycles. The monoisotopic (exact) mass is 880 g/mol. The van der Waals surface area contributed by atoms with E-state index in [2.05, 4.69) is 238 Å². The van der Waals surface area contributed by atoms with E-state index in [-0.39, 0.29) is 0 Å². The molecule has 69 heavy (non-hydrogen) atoms. The van der Waals surface area contributed by atoms with Crippen molar-refractivity contribution < 1.29 is 0 Å². The van der Waals surface area contributed by atoms with Gasteiger partial charge < -0.3 is 9.13 Å². The maximum atomic E-state index is 5.64. The van der Waals surface area contributed by atoms with E-state index in [1.165, 1.54) is 5.39 Å². The van der Waals surface area contributed by atoms with Gasteiger partial charge in [-0.15, -0.1) is 0 Å². The van der Waals surface area contributed by atoms with Gasteiger partial charge in [-0.2, -0.15) is 9.97 Å². The number of hydrogen-bond donors (Lipinski definition) is 0. The molecule has 0 aliphatic carbocycles. The molecule has 0 spiro atoms. The highest BCUT2D eigenvalue weighted by atomic mass is 15.2. The van der Waals surface area contributed by atoms with Crippen molar-refractivity contribution in [2.45, 2.75) is 0 Å². The van der Waals surface area contributed by atoms with Crippen molar-refractivity contribution in [1.82, 2.24) is 28.7 Å². The molecule has 0 amide bonds. The van der Waals surface area contributed by atoms with E-state index in [9.17, 15) is 0 Å². The molecule has 0 aliphatic heterocycles. The molecule has 4 aromatic heterocycles. The molecule has 14 aromatic rings. The SMILES string of the molecule is c1ccc(-c2nc(-c3cccc4c5ccccc5n(-c5ccccc5)c34)nc(-n3c4ccccc4c4ccc5c6ccccc6n(-c6c(-c7ccccc7)cccc6-c6ccccc6)c5c43)n2)cc1. The molecule has 0 saturated carbocycles. The van der Waals surface area contributed by atoms with Crippen LogP contribution in [-0.2, 0) is 0 Å². The number of hydrogen-bond acceptors (Lipinski definition) is 3. The minimum atomic E-state index is 0.536. The van der Waals surface area contributed by atoms with Gasteiger partial charge >= 0.3 is 0 Å². The molecule has 0 aliphatic rings. The zero-order valence-electron chi connectivity index (χ0n) is 37.3. The largest absolute Gasteiger partial charge is 0.309 e. The third-order valence-corrected chi connectivity index (χ3v) is 13.7. The Bertz CT molecular complexity index is 4230. The van der Waals surface area contributed by atoms with Gasteiger partial charge in [-0.1, -0.05) is 206 Å². The molecular formula is C63H40N6. The predicted molar refractivity (Wildman–Crippen MR) is 285 cm³/mol. The molecule has 0 unspecified atom stereocenters. The normalized spacial score (nSPS) is 11.8. The summed E-state index contributed by atoms with van der Waals surface area (Å²) in [5.74, 6) is 1.71. The van der Waals surface area contributed by atoms with Crippen molar-refractivity contribution in [3.63, 3.8) is 0 Å². The maximum absolute atomic E-state index is 5.64. The van der Waals surface area contributed by atoms with E-state index in [1.807, 2.05) is 18.2 Å². The maximum Gasteiger partial charge on any atom is 0.238 e. The van der Waals surface area contributed by atoms with Crippen molar-refractivity contribution in [2.75, 3.05) is 0 Å². The highest BCUT2D eigenvalue weighted by Gasteiger charge is 2.27. The zero-order chi connectivity index (χ0) is 45.4. The van der Waals surface area contributed by atoms with Crippen molar-refractivity contribution in [3.8, 4) is 62.4 Å². The minimum Gasteiger partial charge on any atom is -0.309 e. The third-order valence-electron chi connectivity index (χ3n) is 13.7. The van der Waals surface area contributed by atoms with Crippen LogP contribution in [0.3, 0.4) is 0 Å². The lowest BCUT2D eigenvalue weighted by Crippen LogP contribution is -2.08. The van der Waals surface area contributed by atoms with Gasteiger partial charge in [-0.25, -0.2) is 4.98 Å². The number of nitrogens with zero attached hydrogens (tertiary/aromatic N) is 6. The quantitative estimate of drug-likeness (QED) is 0.160. The summed E-state index contributed by atoms with van der Waals surface area (Å²) >= 11 is 0. The Balaban J connectivity index is 1.15. The van der Waals surface area contributed by atoms with Gasteiger partial charge in [-0.3, -0.25) is 4.57 Å². The van der Waals surface area contributed by atoms with Gasteiger partial charge in [0.15, 0.2) is 11.6 Å². The van der Waals surface area contributed by atoms with Crippen molar-refractivity contribution >= 4 is 65.4 Å². The number of aromatic nitrogens is 6. The third kappa shape index (κ3) is 6.02. The molecule has 6 heteroatoms. The van der Waals surface area contributed by atoms with Crippen LogP contribution in [0, 0.1) is 0 Å². The molecule has 14 rings (SSSR count). The van der Waals surface area contributed by atoms with Crippen molar-refractivity contribution in [1.29, 1.82) is 0 Å². The summed E-state index contributed by atoms with van der Waals surface area (Å²) < 4.78 is 7.15. The van der Waals surface area contributed by atoms with E-state index in [1.54, 1.807) is 0 Å². The van der Waals surface area contributed by atoms with Gasteiger partial charge in [-0.05, 0) is 47.5 Å². The van der Waals surface area contributed by atoms with Crippen LogP contribution in [0.1, 0.15) is 0 Å². The molecule has 322 valence electrons. The summed E-state index contributed by atoms with van der Waals surface area (Å²) in [5.41, 5.74) is 14.9. The topological polar surface area (TPSA) is 53.5 Å². The van der Waals surface area contributed by atoms with Crippen LogP contribution in [0.5, 0.6) is 0 Å².